The van der Waals surface area contributed by atoms with Gasteiger partial charge in [-0.15, -0.1) is 0 Å². The monoisotopic (exact) mass is 449 g/mol. The van der Waals surface area contributed by atoms with Gasteiger partial charge in [-0.2, -0.15) is 18.4 Å². The van der Waals surface area contributed by atoms with Crippen LogP contribution in [0.5, 0.6) is 5.75 Å². The summed E-state index contributed by atoms with van der Waals surface area (Å²) in [5.41, 5.74) is 1.87. The number of fused-ring (bicyclic) bond motifs is 1. The first-order valence-corrected chi connectivity index (χ1v) is 9.92. The average molecular weight is 449 g/mol. The first kappa shape index (κ1) is 23.5. The smallest absolute Gasteiger partial charge is 0.490 e. The van der Waals surface area contributed by atoms with E-state index in [-0.39, 0.29) is 0 Å². The summed E-state index contributed by atoms with van der Waals surface area (Å²) in [6, 6.07) is 13.6. The van der Waals surface area contributed by atoms with Crippen molar-refractivity contribution in [3.63, 3.8) is 0 Å². The molecule has 4 rings (SSSR count). The van der Waals surface area contributed by atoms with Crippen molar-refractivity contribution in [1.29, 1.82) is 5.26 Å². The van der Waals surface area contributed by atoms with Crippen LogP contribution in [0.3, 0.4) is 0 Å². The Morgan fingerprint density at radius 1 is 1.31 bits per heavy atom. The van der Waals surface area contributed by atoms with Gasteiger partial charge >= 0.3 is 12.1 Å². The minimum atomic E-state index is -5.08. The van der Waals surface area contributed by atoms with Crippen LogP contribution in [0, 0.1) is 23.2 Å². The minimum absolute atomic E-state index is 0.302. The number of halogens is 3. The molecule has 0 saturated carbocycles. The highest BCUT2D eigenvalue weighted by atomic mass is 19.4. The molecule has 1 aromatic carbocycles. The van der Waals surface area contributed by atoms with Gasteiger partial charge in [0.1, 0.15) is 5.75 Å². The number of nitriles is 1. The molecule has 7 nitrogen and oxygen atoms in total. The zero-order valence-electron chi connectivity index (χ0n) is 17.0. The number of ether oxygens (including phenoxy) is 2. The Kier molecular flexibility index (Phi) is 7.66. The summed E-state index contributed by atoms with van der Waals surface area (Å²) < 4.78 is 43.7. The molecule has 10 heteroatoms. The lowest BCUT2D eigenvalue weighted by Crippen LogP contribution is -2.26. The van der Waals surface area contributed by atoms with Gasteiger partial charge in [0.15, 0.2) is 0 Å². The zero-order valence-corrected chi connectivity index (χ0v) is 17.0. The summed E-state index contributed by atoms with van der Waals surface area (Å²) in [5, 5.41) is 16.1. The first-order chi connectivity index (χ1) is 15.3. The lowest BCUT2D eigenvalue weighted by atomic mass is 9.94. The number of pyridine rings is 1. The molecule has 0 bridgehead atoms. The fourth-order valence-corrected chi connectivity index (χ4v) is 3.79. The van der Waals surface area contributed by atoms with Crippen LogP contribution in [0.2, 0.25) is 0 Å². The summed E-state index contributed by atoms with van der Waals surface area (Å²) in [7, 11) is 0. The molecule has 3 heterocycles. The van der Waals surface area contributed by atoms with Crippen LogP contribution in [0.15, 0.2) is 48.8 Å². The highest BCUT2D eigenvalue weighted by Gasteiger charge is 2.44. The number of hydrogen-bond donors (Lipinski definition) is 1. The molecular weight excluding hydrogens is 427 g/mol. The van der Waals surface area contributed by atoms with Crippen LogP contribution in [-0.4, -0.2) is 59.5 Å². The van der Waals surface area contributed by atoms with Gasteiger partial charge < -0.3 is 14.6 Å². The van der Waals surface area contributed by atoms with Crippen LogP contribution >= 0.6 is 0 Å². The van der Waals surface area contributed by atoms with Crippen molar-refractivity contribution in [2.45, 2.75) is 18.8 Å². The fraction of sp³-hybridized carbons (Fsp3) is 0.409. The number of nitrogens with zero attached hydrogens (tertiary/aromatic N) is 3. The number of aromatic nitrogens is 1. The predicted octanol–water partition coefficient (Wildman–Crippen LogP) is 3.11. The summed E-state index contributed by atoms with van der Waals surface area (Å²) in [5.74, 6) is -1.09. The molecule has 1 aromatic heterocycles. The van der Waals surface area contributed by atoms with Crippen molar-refractivity contribution in [3.8, 4) is 11.8 Å². The highest BCUT2D eigenvalue weighted by molar-refractivity contribution is 5.73. The second kappa shape index (κ2) is 10.4. The van der Waals surface area contributed by atoms with Crippen LogP contribution in [0.4, 0.5) is 13.2 Å². The third-order valence-electron chi connectivity index (χ3n) is 5.31. The first-order valence-electron chi connectivity index (χ1n) is 9.92. The quantitative estimate of drug-likeness (QED) is 0.749. The van der Waals surface area contributed by atoms with Crippen LogP contribution in [0.25, 0.3) is 0 Å². The van der Waals surface area contributed by atoms with Crippen molar-refractivity contribution >= 4 is 5.97 Å². The van der Waals surface area contributed by atoms with Crippen LogP contribution in [0.1, 0.15) is 11.1 Å². The molecule has 2 aliphatic rings. The van der Waals surface area contributed by atoms with Gasteiger partial charge in [-0.3, -0.25) is 9.88 Å². The number of likely N-dealkylation sites (tertiary alicyclic amines) is 1. The van der Waals surface area contributed by atoms with E-state index in [1.54, 1.807) is 18.3 Å². The maximum absolute atomic E-state index is 10.6. The summed E-state index contributed by atoms with van der Waals surface area (Å²) >= 11 is 0. The Morgan fingerprint density at radius 3 is 2.75 bits per heavy atom. The number of carboxylic acids is 1. The molecule has 2 aliphatic heterocycles. The summed E-state index contributed by atoms with van der Waals surface area (Å²) in [6.45, 7) is 4.32. The van der Waals surface area contributed by atoms with Gasteiger partial charge in [-0.1, -0.05) is 12.1 Å². The van der Waals surface area contributed by atoms with Crippen molar-refractivity contribution < 1.29 is 32.5 Å². The molecule has 2 saturated heterocycles. The Balaban J connectivity index is 0.000000360. The molecule has 170 valence electrons. The van der Waals surface area contributed by atoms with Crippen LogP contribution < -0.4 is 4.74 Å². The SMILES string of the molecule is N#Cc1cccc(OC[C@H]2CO[C@@H]3CN(Cc4cccnc4)C[C@H]23)c1.O=C(O)C(F)(F)F. The van der Waals surface area contributed by atoms with E-state index in [0.717, 1.165) is 32.0 Å². The molecule has 2 fully saturated rings. The molecule has 0 amide bonds. The van der Waals surface area contributed by atoms with Gasteiger partial charge in [0, 0.05) is 43.9 Å². The van der Waals surface area contributed by atoms with E-state index in [1.165, 1.54) is 5.56 Å². The molecule has 3 atom stereocenters. The van der Waals surface area contributed by atoms with E-state index < -0.39 is 12.1 Å². The summed E-state index contributed by atoms with van der Waals surface area (Å²) in [6.07, 6.45) is -1.05. The van der Waals surface area contributed by atoms with Gasteiger partial charge in [-0.05, 0) is 29.8 Å². The maximum Gasteiger partial charge on any atom is 0.490 e. The molecule has 0 spiro atoms. The van der Waals surface area contributed by atoms with Crippen molar-refractivity contribution in [2.24, 2.45) is 11.8 Å². The van der Waals surface area contributed by atoms with Crippen molar-refractivity contribution in [3.05, 3.63) is 59.9 Å². The molecule has 2 aromatic rings. The standard InChI is InChI=1S/C20H21N3O2.C2HF3O2/c21-8-15-3-1-5-18(7-15)24-13-17-14-25-20-12-23(11-19(17)20)10-16-4-2-6-22-9-16;3-2(4,5)1(6)7/h1-7,9,17,19-20H,10-14H2;(H,6,7)/t17-,19+,20+;/m0./s1. The van der Waals surface area contributed by atoms with E-state index in [2.05, 4.69) is 22.0 Å². The second-order valence-corrected chi connectivity index (χ2v) is 7.60. The lowest BCUT2D eigenvalue weighted by molar-refractivity contribution is -0.192. The zero-order chi connectivity index (χ0) is 23.1. The largest absolute Gasteiger partial charge is 0.493 e. The highest BCUT2D eigenvalue weighted by Crippen LogP contribution is 2.34. The Morgan fingerprint density at radius 2 is 2.09 bits per heavy atom. The number of rotatable bonds is 5. The number of carbonyl (C=O) groups is 1. The van der Waals surface area contributed by atoms with E-state index in [1.807, 2.05) is 24.4 Å². The van der Waals surface area contributed by atoms with E-state index in [4.69, 9.17) is 24.6 Å². The molecule has 0 aliphatic carbocycles. The van der Waals surface area contributed by atoms with Gasteiger partial charge in [0.05, 0.1) is 31.0 Å². The number of aliphatic carboxylic acids is 1. The normalized spacial score (nSPS) is 22.4. The fourth-order valence-electron chi connectivity index (χ4n) is 3.79. The van der Waals surface area contributed by atoms with E-state index in [0.29, 0.717) is 30.1 Å². The number of alkyl halides is 3. The number of carboxylic acid groups (broad SMARTS) is 1. The maximum atomic E-state index is 10.6. The predicted molar refractivity (Wildman–Crippen MR) is 107 cm³/mol. The van der Waals surface area contributed by atoms with Crippen LogP contribution in [-0.2, 0) is 16.1 Å². The Hall–Kier alpha value is -3.16. The van der Waals surface area contributed by atoms with Gasteiger partial charge in [-0.25, -0.2) is 4.79 Å². The Labute approximate surface area is 183 Å². The number of hydrogen-bond acceptors (Lipinski definition) is 6. The third-order valence-corrected chi connectivity index (χ3v) is 5.31. The molecule has 0 unspecified atom stereocenters. The topological polar surface area (TPSA) is 95.7 Å². The molecule has 1 N–H and O–H groups in total. The number of benzene rings is 1. The van der Waals surface area contributed by atoms with E-state index >= 15 is 0 Å². The molecule has 0 radical (unpaired) electrons. The lowest BCUT2D eigenvalue weighted by Gasteiger charge is -2.20. The van der Waals surface area contributed by atoms with Gasteiger partial charge in [0.25, 0.3) is 0 Å². The molecule has 32 heavy (non-hydrogen) atoms. The minimum Gasteiger partial charge on any atom is -0.493 e. The summed E-state index contributed by atoms with van der Waals surface area (Å²) in [4.78, 5) is 15.5. The Bertz CT molecular complexity index is 949. The average Bonchev–Trinajstić information content (AvgIpc) is 3.33. The second-order valence-electron chi connectivity index (χ2n) is 7.60. The third kappa shape index (κ3) is 6.42. The van der Waals surface area contributed by atoms with Gasteiger partial charge in [0.2, 0.25) is 0 Å². The molecular formula is C22H22F3N3O4. The van der Waals surface area contributed by atoms with Crippen molar-refractivity contribution in [2.75, 3.05) is 26.3 Å². The van der Waals surface area contributed by atoms with E-state index in [9.17, 15) is 13.2 Å². The van der Waals surface area contributed by atoms with Crippen molar-refractivity contribution in [1.82, 2.24) is 9.88 Å².